The minimum Gasteiger partial charge on any atom is -0.352 e. The number of carbonyl (C=O) groups excluding carboxylic acids is 1. The first kappa shape index (κ1) is 20.9. The second-order valence-corrected chi connectivity index (χ2v) is 6.27. The Balaban J connectivity index is 0.00000441. The van der Waals surface area contributed by atoms with Gasteiger partial charge in [0, 0.05) is 19.0 Å². The van der Waals surface area contributed by atoms with Gasteiger partial charge in [0.1, 0.15) is 5.82 Å². The molecule has 0 aliphatic heterocycles. The van der Waals surface area contributed by atoms with Crippen LogP contribution >= 0.6 is 12.4 Å². The lowest BCUT2D eigenvalue weighted by atomic mass is 9.97. The van der Waals surface area contributed by atoms with Gasteiger partial charge in [0.2, 0.25) is 5.91 Å². The third-order valence-electron chi connectivity index (χ3n) is 3.41. The molecule has 0 aliphatic rings. The zero-order valence-electron chi connectivity index (χ0n) is 13.6. The van der Waals surface area contributed by atoms with Gasteiger partial charge in [0.15, 0.2) is 0 Å². The molecular formula is C17H28ClFN2O. The molecule has 0 aliphatic carbocycles. The fourth-order valence-electron chi connectivity index (χ4n) is 2.52. The van der Waals surface area contributed by atoms with E-state index < -0.39 is 0 Å². The predicted octanol–water partition coefficient (Wildman–Crippen LogP) is 3.31. The van der Waals surface area contributed by atoms with Gasteiger partial charge in [-0.05, 0) is 42.4 Å². The molecule has 0 heterocycles. The highest BCUT2D eigenvalue weighted by Crippen LogP contribution is 2.13. The van der Waals surface area contributed by atoms with E-state index in [4.69, 9.17) is 5.73 Å². The molecule has 1 amide bonds. The van der Waals surface area contributed by atoms with Gasteiger partial charge in [-0.3, -0.25) is 4.79 Å². The summed E-state index contributed by atoms with van der Waals surface area (Å²) in [6.45, 7) is 6.69. The monoisotopic (exact) mass is 330 g/mol. The van der Waals surface area contributed by atoms with Crippen LogP contribution in [0.25, 0.3) is 0 Å². The number of hydrogen-bond acceptors (Lipinski definition) is 2. The molecule has 126 valence electrons. The van der Waals surface area contributed by atoms with Crippen molar-refractivity contribution in [1.82, 2.24) is 5.32 Å². The zero-order valence-corrected chi connectivity index (χ0v) is 14.5. The molecule has 1 aromatic rings. The van der Waals surface area contributed by atoms with Crippen molar-refractivity contribution >= 4 is 18.3 Å². The number of rotatable bonds is 8. The van der Waals surface area contributed by atoms with E-state index in [0.717, 1.165) is 12.0 Å². The van der Waals surface area contributed by atoms with Crippen LogP contribution in [-0.2, 0) is 11.2 Å². The Bertz CT molecular complexity index is 454. The quantitative estimate of drug-likeness (QED) is 0.768. The summed E-state index contributed by atoms with van der Waals surface area (Å²) in [6, 6.07) is 6.58. The van der Waals surface area contributed by atoms with E-state index in [1.807, 2.05) is 13.0 Å². The smallest absolute Gasteiger partial charge is 0.220 e. The molecule has 2 unspecified atom stereocenters. The molecule has 2 atom stereocenters. The Labute approximate surface area is 139 Å². The molecule has 0 bridgehead atoms. The first-order valence-electron chi connectivity index (χ1n) is 7.64. The summed E-state index contributed by atoms with van der Waals surface area (Å²) in [4.78, 5) is 12.0. The topological polar surface area (TPSA) is 55.1 Å². The van der Waals surface area contributed by atoms with Crippen molar-refractivity contribution in [3.8, 4) is 0 Å². The Kier molecular flexibility index (Phi) is 10.0. The molecule has 3 N–H and O–H groups in total. The maximum atomic E-state index is 13.1. The molecule has 5 heteroatoms. The lowest BCUT2D eigenvalue weighted by molar-refractivity contribution is -0.122. The van der Waals surface area contributed by atoms with Crippen LogP contribution in [0.5, 0.6) is 0 Å². The SMILES string of the molecule is CC(C)CC(CN)NC(=O)CC(C)Cc1cccc(F)c1.Cl. The molecular weight excluding hydrogens is 303 g/mol. The average molecular weight is 331 g/mol. The van der Waals surface area contributed by atoms with Gasteiger partial charge in [-0.25, -0.2) is 4.39 Å². The minimum absolute atomic E-state index is 0. The zero-order chi connectivity index (χ0) is 15.8. The second kappa shape index (κ2) is 10.6. The molecule has 0 aromatic heterocycles. The Morgan fingerprint density at radius 3 is 2.55 bits per heavy atom. The number of halogens is 2. The highest BCUT2D eigenvalue weighted by Gasteiger charge is 2.15. The van der Waals surface area contributed by atoms with Crippen LogP contribution in [0.1, 0.15) is 39.2 Å². The van der Waals surface area contributed by atoms with Crippen molar-refractivity contribution in [2.45, 2.75) is 46.1 Å². The van der Waals surface area contributed by atoms with Gasteiger partial charge in [-0.2, -0.15) is 0 Å². The normalized spacial score (nSPS) is 13.4. The van der Waals surface area contributed by atoms with E-state index in [0.29, 0.717) is 25.3 Å². The largest absolute Gasteiger partial charge is 0.352 e. The summed E-state index contributed by atoms with van der Waals surface area (Å²) in [6.07, 6.45) is 2.02. The third-order valence-corrected chi connectivity index (χ3v) is 3.41. The molecule has 3 nitrogen and oxygen atoms in total. The van der Waals surface area contributed by atoms with Crippen LogP contribution in [0.3, 0.4) is 0 Å². The molecule has 0 spiro atoms. The van der Waals surface area contributed by atoms with Gasteiger partial charge in [-0.1, -0.05) is 32.9 Å². The number of amides is 1. The molecule has 0 radical (unpaired) electrons. The number of carbonyl (C=O) groups is 1. The molecule has 0 saturated heterocycles. The van der Waals surface area contributed by atoms with Crippen molar-refractivity contribution < 1.29 is 9.18 Å². The third kappa shape index (κ3) is 8.35. The van der Waals surface area contributed by atoms with E-state index in [1.54, 1.807) is 6.07 Å². The maximum absolute atomic E-state index is 13.1. The predicted molar refractivity (Wildman–Crippen MR) is 91.6 cm³/mol. The van der Waals surface area contributed by atoms with E-state index in [2.05, 4.69) is 19.2 Å². The fourth-order valence-corrected chi connectivity index (χ4v) is 2.52. The highest BCUT2D eigenvalue weighted by atomic mass is 35.5. The number of hydrogen-bond donors (Lipinski definition) is 2. The second-order valence-electron chi connectivity index (χ2n) is 6.27. The number of nitrogens with one attached hydrogen (secondary N) is 1. The summed E-state index contributed by atoms with van der Waals surface area (Å²) in [7, 11) is 0. The summed E-state index contributed by atoms with van der Waals surface area (Å²) in [5.74, 6) is 0.465. The van der Waals surface area contributed by atoms with E-state index >= 15 is 0 Å². The van der Waals surface area contributed by atoms with Crippen LogP contribution in [0, 0.1) is 17.7 Å². The Morgan fingerprint density at radius 2 is 2.00 bits per heavy atom. The van der Waals surface area contributed by atoms with Gasteiger partial charge in [-0.15, -0.1) is 12.4 Å². The Morgan fingerprint density at radius 1 is 1.32 bits per heavy atom. The van der Waals surface area contributed by atoms with Crippen LogP contribution < -0.4 is 11.1 Å². The van der Waals surface area contributed by atoms with Crippen LogP contribution in [0.15, 0.2) is 24.3 Å². The van der Waals surface area contributed by atoms with Crippen LogP contribution in [0.4, 0.5) is 4.39 Å². The molecule has 1 aromatic carbocycles. The van der Waals surface area contributed by atoms with Gasteiger partial charge < -0.3 is 11.1 Å². The maximum Gasteiger partial charge on any atom is 0.220 e. The van der Waals surface area contributed by atoms with Crippen LogP contribution in [0.2, 0.25) is 0 Å². The Hall–Kier alpha value is -1.13. The van der Waals surface area contributed by atoms with Crippen molar-refractivity contribution in [1.29, 1.82) is 0 Å². The van der Waals surface area contributed by atoms with Gasteiger partial charge in [0.05, 0.1) is 0 Å². The van der Waals surface area contributed by atoms with Gasteiger partial charge >= 0.3 is 0 Å². The first-order valence-corrected chi connectivity index (χ1v) is 7.64. The number of nitrogens with two attached hydrogens (primary N) is 1. The molecule has 0 saturated carbocycles. The van der Waals surface area contributed by atoms with Crippen molar-refractivity contribution in [3.05, 3.63) is 35.6 Å². The van der Waals surface area contributed by atoms with Gasteiger partial charge in [0.25, 0.3) is 0 Å². The van der Waals surface area contributed by atoms with Crippen molar-refractivity contribution in [2.24, 2.45) is 17.6 Å². The summed E-state index contributed by atoms with van der Waals surface area (Å²) < 4.78 is 13.1. The highest BCUT2D eigenvalue weighted by molar-refractivity contribution is 5.85. The first-order chi connectivity index (χ1) is 9.90. The van der Waals surface area contributed by atoms with E-state index in [1.165, 1.54) is 12.1 Å². The summed E-state index contributed by atoms with van der Waals surface area (Å²) in [5, 5.41) is 2.99. The average Bonchev–Trinajstić information content (AvgIpc) is 2.36. The minimum atomic E-state index is -0.232. The van der Waals surface area contributed by atoms with Crippen LogP contribution in [-0.4, -0.2) is 18.5 Å². The van der Waals surface area contributed by atoms with Crippen molar-refractivity contribution in [3.63, 3.8) is 0 Å². The summed E-state index contributed by atoms with van der Waals surface area (Å²) in [5.41, 5.74) is 6.61. The molecule has 0 fully saturated rings. The van der Waals surface area contributed by atoms with E-state index in [9.17, 15) is 9.18 Å². The molecule has 22 heavy (non-hydrogen) atoms. The van der Waals surface area contributed by atoms with E-state index in [-0.39, 0.29) is 36.1 Å². The standard InChI is InChI=1S/C17H27FN2O.ClH/c1-12(2)7-16(11-19)20-17(21)9-13(3)8-14-5-4-6-15(18)10-14;/h4-6,10,12-13,16H,7-9,11,19H2,1-3H3,(H,20,21);1H. The lowest BCUT2D eigenvalue weighted by Gasteiger charge is -2.20. The lowest BCUT2D eigenvalue weighted by Crippen LogP contribution is -2.41. The van der Waals surface area contributed by atoms with Crippen molar-refractivity contribution in [2.75, 3.05) is 6.54 Å². The fraction of sp³-hybridized carbons (Fsp3) is 0.588. The summed E-state index contributed by atoms with van der Waals surface area (Å²) >= 11 is 0. The molecule has 1 rings (SSSR count). The number of benzene rings is 1.